The molecule has 0 spiro atoms. The summed E-state index contributed by atoms with van der Waals surface area (Å²) in [6, 6.07) is 0.525. The number of aromatic nitrogens is 2. The molecule has 1 fully saturated rings. The van der Waals surface area contributed by atoms with Gasteiger partial charge in [0.25, 0.3) is 0 Å². The fourth-order valence-corrected chi connectivity index (χ4v) is 2.23. The van der Waals surface area contributed by atoms with E-state index in [-0.39, 0.29) is 5.78 Å². The molecule has 1 heterocycles. The molecular weight excluding hydrogens is 188 g/mol. The number of hydrogen-bond donors (Lipinski definition) is 0. The lowest BCUT2D eigenvalue weighted by molar-refractivity contribution is 0.0988. The molecule has 0 atom stereocenters. The van der Waals surface area contributed by atoms with Crippen molar-refractivity contribution < 1.29 is 4.79 Å². The quantitative estimate of drug-likeness (QED) is 0.712. The van der Waals surface area contributed by atoms with Gasteiger partial charge in [-0.1, -0.05) is 26.2 Å². The van der Waals surface area contributed by atoms with Gasteiger partial charge in [0, 0.05) is 12.6 Å². The molecule has 1 aromatic rings. The first-order valence-corrected chi connectivity index (χ1v) is 5.88. The van der Waals surface area contributed by atoms with Crippen LogP contribution in [-0.4, -0.2) is 15.6 Å². The predicted octanol–water partition coefficient (Wildman–Crippen LogP) is 2.98. The maximum Gasteiger partial charge on any atom is 0.165 e. The fraction of sp³-hybridized carbons (Fsp3) is 0.667. The zero-order chi connectivity index (χ0) is 10.7. The van der Waals surface area contributed by atoms with Crippen LogP contribution in [0.25, 0.3) is 0 Å². The number of carbonyl (C=O) groups excluding carboxylic acids is 1. The van der Waals surface area contributed by atoms with Crippen molar-refractivity contribution >= 4 is 5.78 Å². The second kappa shape index (κ2) is 4.60. The Morgan fingerprint density at radius 1 is 1.47 bits per heavy atom. The molecule has 1 aromatic heterocycles. The minimum Gasteiger partial charge on any atom is -0.294 e. The van der Waals surface area contributed by atoms with Gasteiger partial charge in [0.15, 0.2) is 5.78 Å². The molecule has 0 aromatic carbocycles. The van der Waals surface area contributed by atoms with Crippen molar-refractivity contribution in [1.29, 1.82) is 0 Å². The van der Waals surface area contributed by atoms with Crippen molar-refractivity contribution in [1.82, 2.24) is 9.78 Å². The van der Waals surface area contributed by atoms with Gasteiger partial charge in [-0.2, -0.15) is 5.10 Å². The molecule has 3 heteroatoms. The summed E-state index contributed by atoms with van der Waals surface area (Å²) in [6.45, 7) is 1.89. The van der Waals surface area contributed by atoms with E-state index in [0.29, 0.717) is 12.5 Å². The lowest BCUT2D eigenvalue weighted by Gasteiger charge is -2.21. The molecule has 3 nitrogen and oxygen atoms in total. The van der Waals surface area contributed by atoms with Crippen molar-refractivity contribution in [2.45, 2.75) is 51.5 Å². The number of nitrogens with zero attached hydrogens (tertiary/aromatic N) is 2. The fourth-order valence-electron chi connectivity index (χ4n) is 2.23. The molecule has 0 amide bonds. The maximum absolute atomic E-state index is 11.5. The highest BCUT2D eigenvalue weighted by molar-refractivity contribution is 5.95. The molecule has 0 radical (unpaired) electrons. The SMILES string of the molecule is CCC(=O)c1cnn(C2CCCCC2)c1. The van der Waals surface area contributed by atoms with Crippen molar-refractivity contribution in [2.24, 2.45) is 0 Å². The Hall–Kier alpha value is -1.12. The zero-order valence-electron chi connectivity index (χ0n) is 9.28. The molecule has 82 valence electrons. The average molecular weight is 206 g/mol. The predicted molar refractivity (Wildman–Crippen MR) is 59.0 cm³/mol. The van der Waals surface area contributed by atoms with Gasteiger partial charge >= 0.3 is 0 Å². The standard InChI is InChI=1S/C12H18N2O/c1-2-12(15)10-8-13-14(9-10)11-6-4-3-5-7-11/h8-9,11H,2-7H2,1H3. The number of Topliss-reactive ketones (excluding diaryl/α,β-unsaturated/α-hetero) is 1. The van der Waals surface area contributed by atoms with Gasteiger partial charge in [-0.25, -0.2) is 0 Å². The van der Waals surface area contributed by atoms with Crippen LogP contribution >= 0.6 is 0 Å². The lowest BCUT2D eigenvalue weighted by Crippen LogP contribution is -2.13. The van der Waals surface area contributed by atoms with E-state index in [2.05, 4.69) is 5.10 Å². The van der Waals surface area contributed by atoms with Crippen molar-refractivity contribution in [2.75, 3.05) is 0 Å². The van der Waals surface area contributed by atoms with E-state index < -0.39 is 0 Å². The number of hydrogen-bond acceptors (Lipinski definition) is 2. The Bertz CT molecular complexity index is 337. The minimum atomic E-state index is 0.192. The highest BCUT2D eigenvalue weighted by Gasteiger charge is 2.16. The Morgan fingerprint density at radius 3 is 2.87 bits per heavy atom. The lowest BCUT2D eigenvalue weighted by atomic mass is 9.96. The first-order chi connectivity index (χ1) is 7.31. The second-order valence-corrected chi connectivity index (χ2v) is 4.28. The monoisotopic (exact) mass is 206 g/mol. The van der Waals surface area contributed by atoms with Crippen molar-refractivity contribution in [3.8, 4) is 0 Å². The van der Waals surface area contributed by atoms with E-state index in [1.807, 2.05) is 17.8 Å². The van der Waals surface area contributed by atoms with Crippen LogP contribution in [0.5, 0.6) is 0 Å². The molecule has 1 saturated carbocycles. The topological polar surface area (TPSA) is 34.9 Å². The Morgan fingerprint density at radius 2 is 2.20 bits per heavy atom. The molecule has 15 heavy (non-hydrogen) atoms. The Balaban J connectivity index is 2.08. The Kier molecular flexibility index (Phi) is 3.19. The summed E-state index contributed by atoms with van der Waals surface area (Å²) in [5.41, 5.74) is 0.767. The molecule has 0 N–H and O–H groups in total. The van der Waals surface area contributed by atoms with Crippen LogP contribution < -0.4 is 0 Å². The van der Waals surface area contributed by atoms with E-state index in [1.54, 1.807) is 6.20 Å². The minimum absolute atomic E-state index is 0.192. The summed E-state index contributed by atoms with van der Waals surface area (Å²) < 4.78 is 1.99. The van der Waals surface area contributed by atoms with Crippen LogP contribution in [0.2, 0.25) is 0 Å². The largest absolute Gasteiger partial charge is 0.294 e. The van der Waals surface area contributed by atoms with Crippen LogP contribution in [0.4, 0.5) is 0 Å². The van der Waals surface area contributed by atoms with Gasteiger partial charge in [-0.3, -0.25) is 9.48 Å². The van der Waals surface area contributed by atoms with E-state index in [0.717, 1.165) is 5.56 Å². The summed E-state index contributed by atoms with van der Waals surface area (Å²) >= 11 is 0. The molecule has 0 bridgehead atoms. The molecule has 0 saturated heterocycles. The molecule has 0 aliphatic heterocycles. The number of carbonyl (C=O) groups is 1. The van der Waals surface area contributed by atoms with Crippen LogP contribution in [0, 0.1) is 0 Å². The first kappa shape index (κ1) is 10.4. The summed E-state index contributed by atoms with van der Waals surface area (Å²) in [5, 5.41) is 4.30. The van der Waals surface area contributed by atoms with Crippen LogP contribution in [0.15, 0.2) is 12.4 Å². The van der Waals surface area contributed by atoms with Gasteiger partial charge in [0.1, 0.15) is 0 Å². The number of ketones is 1. The summed E-state index contributed by atoms with van der Waals surface area (Å²) in [4.78, 5) is 11.5. The van der Waals surface area contributed by atoms with Gasteiger partial charge < -0.3 is 0 Å². The molecule has 1 aliphatic rings. The van der Waals surface area contributed by atoms with Crippen molar-refractivity contribution in [3.05, 3.63) is 18.0 Å². The molecule has 2 rings (SSSR count). The third kappa shape index (κ3) is 2.28. The highest BCUT2D eigenvalue weighted by Crippen LogP contribution is 2.27. The van der Waals surface area contributed by atoms with Crippen LogP contribution in [-0.2, 0) is 0 Å². The van der Waals surface area contributed by atoms with E-state index >= 15 is 0 Å². The average Bonchev–Trinajstić information content (AvgIpc) is 2.78. The van der Waals surface area contributed by atoms with Crippen molar-refractivity contribution in [3.63, 3.8) is 0 Å². The van der Waals surface area contributed by atoms with E-state index in [9.17, 15) is 4.79 Å². The normalized spacial score (nSPS) is 17.9. The summed E-state index contributed by atoms with van der Waals surface area (Å²) in [7, 11) is 0. The van der Waals surface area contributed by atoms with Gasteiger partial charge in [0.2, 0.25) is 0 Å². The zero-order valence-corrected chi connectivity index (χ0v) is 9.28. The smallest absolute Gasteiger partial charge is 0.165 e. The first-order valence-electron chi connectivity index (χ1n) is 5.88. The van der Waals surface area contributed by atoms with E-state index in [4.69, 9.17) is 0 Å². The summed E-state index contributed by atoms with van der Waals surface area (Å²) in [6.07, 6.45) is 10.5. The van der Waals surface area contributed by atoms with E-state index in [1.165, 1.54) is 32.1 Å². The summed E-state index contributed by atoms with van der Waals surface area (Å²) in [5.74, 6) is 0.192. The highest BCUT2D eigenvalue weighted by atomic mass is 16.1. The van der Waals surface area contributed by atoms with Gasteiger partial charge in [-0.15, -0.1) is 0 Å². The second-order valence-electron chi connectivity index (χ2n) is 4.28. The number of rotatable bonds is 3. The van der Waals surface area contributed by atoms with Gasteiger partial charge in [0.05, 0.1) is 17.8 Å². The third-order valence-corrected chi connectivity index (χ3v) is 3.19. The van der Waals surface area contributed by atoms with Crippen LogP contribution in [0.3, 0.4) is 0 Å². The molecule has 1 aliphatic carbocycles. The maximum atomic E-state index is 11.5. The van der Waals surface area contributed by atoms with Gasteiger partial charge in [-0.05, 0) is 12.8 Å². The third-order valence-electron chi connectivity index (χ3n) is 3.19. The molecule has 0 unspecified atom stereocenters. The Labute approximate surface area is 90.5 Å². The molecular formula is C12H18N2O. The van der Waals surface area contributed by atoms with Crippen LogP contribution in [0.1, 0.15) is 61.8 Å².